The molecule has 1 amide bonds. The zero-order valence-electron chi connectivity index (χ0n) is 16.5. The van der Waals surface area contributed by atoms with Gasteiger partial charge in [-0.3, -0.25) is 4.79 Å². The van der Waals surface area contributed by atoms with Crippen molar-refractivity contribution in [1.82, 2.24) is 9.80 Å². The standard InChI is InChI=1S/C22H34N2O2/c1-19(20-7-4-3-5-8-20)17-23-14-11-22(12-15-23)10-9-21(25)24(18-22)13-6-16-26-2/h3-5,7-8,19H,6,9-18H2,1-2H3/t19-/m0/s1. The van der Waals surface area contributed by atoms with Gasteiger partial charge in [0.15, 0.2) is 0 Å². The Hall–Kier alpha value is -1.39. The predicted molar refractivity (Wildman–Crippen MR) is 105 cm³/mol. The van der Waals surface area contributed by atoms with Crippen molar-refractivity contribution in [2.45, 2.75) is 44.9 Å². The first-order chi connectivity index (χ1) is 12.6. The number of likely N-dealkylation sites (tertiary alicyclic amines) is 2. The number of methoxy groups -OCH3 is 1. The topological polar surface area (TPSA) is 32.8 Å². The maximum absolute atomic E-state index is 12.3. The third-order valence-corrected chi connectivity index (χ3v) is 6.34. The van der Waals surface area contributed by atoms with Crippen LogP contribution in [-0.4, -0.2) is 62.1 Å². The van der Waals surface area contributed by atoms with Gasteiger partial charge in [-0.05, 0) is 55.7 Å². The lowest BCUT2D eigenvalue weighted by Gasteiger charge is -2.48. The third kappa shape index (κ3) is 4.86. The van der Waals surface area contributed by atoms with Crippen molar-refractivity contribution in [3.8, 4) is 0 Å². The van der Waals surface area contributed by atoms with Gasteiger partial charge >= 0.3 is 0 Å². The van der Waals surface area contributed by atoms with Crippen LogP contribution in [0.2, 0.25) is 0 Å². The number of benzene rings is 1. The monoisotopic (exact) mass is 358 g/mol. The summed E-state index contributed by atoms with van der Waals surface area (Å²) >= 11 is 0. The maximum atomic E-state index is 12.3. The van der Waals surface area contributed by atoms with Crippen LogP contribution in [0.1, 0.15) is 50.5 Å². The van der Waals surface area contributed by atoms with Crippen LogP contribution in [0, 0.1) is 5.41 Å². The highest BCUT2D eigenvalue weighted by atomic mass is 16.5. The molecule has 1 atom stereocenters. The van der Waals surface area contributed by atoms with E-state index in [0.29, 0.717) is 17.2 Å². The maximum Gasteiger partial charge on any atom is 0.222 e. The van der Waals surface area contributed by atoms with Crippen molar-refractivity contribution in [2.75, 3.05) is 46.4 Å². The minimum atomic E-state index is 0.340. The van der Waals surface area contributed by atoms with Gasteiger partial charge in [0.25, 0.3) is 0 Å². The van der Waals surface area contributed by atoms with E-state index in [1.54, 1.807) is 7.11 Å². The Balaban J connectivity index is 1.50. The molecule has 26 heavy (non-hydrogen) atoms. The fraction of sp³-hybridized carbons (Fsp3) is 0.682. The lowest BCUT2D eigenvalue weighted by molar-refractivity contribution is -0.139. The molecule has 2 aliphatic rings. The Morgan fingerprint density at radius 2 is 1.88 bits per heavy atom. The van der Waals surface area contributed by atoms with Crippen molar-refractivity contribution < 1.29 is 9.53 Å². The van der Waals surface area contributed by atoms with Crippen molar-refractivity contribution in [3.63, 3.8) is 0 Å². The molecule has 2 saturated heterocycles. The Labute approximate surface area is 158 Å². The molecule has 1 aromatic rings. The summed E-state index contributed by atoms with van der Waals surface area (Å²) in [5.74, 6) is 0.913. The van der Waals surface area contributed by atoms with Crippen molar-refractivity contribution in [1.29, 1.82) is 0 Å². The second kappa shape index (κ2) is 9.01. The van der Waals surface area contributed by atoms with E-state index in [1.165, 1.54) is 18.4 Å². The number of amides is 1. The van der Waals surface area contributed by atoms with E-state index in [2.05, 4.69) is 47.1 Å². The average Bonchev–Trinajstić information content (AvgIpc) is 2.67. The van der Waals surface area contributed by atoms with Crippen LogP contribution in [0.15, 0.2) is 30.3 Å². The van der Waals surface area contributed by atoms with E-state index < -0.39 is 0 Å². The summed E-state index contributed by atoms with van der Waals surface area (Å²) in [5.41, 5.74) is 1.79. The zero-order chi connectivity index (χ0) is 18.4. The first-order valence-corrected chi connectivity index (χ1v) is 10.2. The van der Waals surface area contributed by atoms with Crippen LogP contribution in [-0.2, 0) is 9.53 Å². The Kier molecular flexibility index (Phi) is 6.71. The Bertz CT molecular complexity index is 567. The number of carbonyl (C=O) groups is 1. The molecule has 2 aliphatic heterocycles. The van der Waals surface area contributed by atoms with E-state index in [0.717, 1.165) is 58.6 Å². The van der Waals surface area contributed by atoms with E-state index in [-0.39, 0.29) is 0 Å². The van der Waals surface area contributed by atoms with E-state index in [9.17, 15) is 4.79 Å². The second-order valence-corrected chi connectivity index (χ2v) is 8.27. The molecule has 4 nitrogen and oxygen atoms in total. The summed E-state index contributed by atoms with van der Waals surface area (Å²) in [5, 5.41) is 0. The number of rotatable bonds is 7. The van der Waals surface area contributed by atoms with Gasteiger partial charge in [-0.2, -0.15) is 0 Å². The van der Waals surface area contributed by atoms with E-state index in [4.69, 9.17) is 4.74 Å². The second-order valence-electron chi connectivity index (χ2n) is 8.27. The van der Waals surface area contributed by atoms with Gasteiger partial charge in [0.05, 0.1) is 0 Å². The summed E-state index contributed by atoms with van der Waals surface area (Å²) in [6.45, 7) is 8.34. The highest BCUT2D eigenvalue weighted by molar-refractivity contribution is 5.77. The van der Waals surface area contributed by atoms with Gasteiger partial charge < -0.3 is 14.5 Å². The fourth-order valence-corrected chi connectivity index (χ4v) is 4.60. The molecule has 3 rings (SSSR count). The quantitative estimate of drug-likeness (QED) is 0.699. The summed E-state index contributed by atoms with van der Waals surface area (Å²) in [7, 11) is 1.73. The lowest BCUT2D eigenvalue weighted by atomic mass is 9.72. The molecule has 0 aromatic heterocycles. The van der Waals surface area contributed by atoms with Crippen LogP contribution in [0.3, 0.4) is 0 Å². The van der Waals surface area contributed by atoms with Crippen LogP contribution >= 0.6 is 0 Å². The number of carbonyl (C=O) groups excluding carboxylic acids is 1. The zero-order valence-corrected chi connectivity index (χ0v) is 16.5. The Morgan fingerprint density at radius 1 is 1.15 bits per heavy atom. The minimum absolute atomic E-state index is 0.340. The van der Waals surface area contributed by atoms with Gasteiger partial charge in [0.2, 0.25) is 5.91 Å². The fourth-order valence-electron chi connectivity index (χ4n) is 4.60. The van der Waals surface area contributed by atoms with Gasteiger partial charge in [-0.25, -0.2) is 0 Å². The number of nitrogens with zero attached hydrogens (tertiary/aromatic N) is 2. The molecule has 0 radical (unpaired) electrons. The van der Waals surface area contributed by atoms with Gasteiger partial charge in [0.1, 0.15) is 0 Å². The van der Waals surface area contributed by atoms with Crippen LogP contribution in [0.4, 0.5) is 0 Å². The number of hydrogen-bond acceptors (Lipinski definition) is 3. The average molecular weight is 359 g/mol. The summed E-state index contributed by atoms with van der Waals surface area (Å²) in [4.78, 5) is 17.0. The predicted octanol–water partition coefficient (Wildman–Crippen LogP) is 3.53. The third-order valence-electron chi connectivity index (χ3n) is 6.34. The number of ether oxygens (including phenoxy) is 1. The van der Waals surface area contributed by atoms with Crippen LogP contribution < -0.4 is 0 Å². The molecular formula is C22H34N2O2. The smallest absolute Gasteiger partial charge is 0.222 e. The summed E-state index contributed by atoms with van der Waals surface area (Å²) in [6, 6.07) is 10.8. The Morgan fingerprint density at radius 3 is 2.58 bits per heavy atom. The molecule has 1 spiro atoms. The minimum Gasteiger partial charge on any atom is -0.385 e. The molecule has 144 valence electrons. The molecule has 0 aliphatic carbocycles. The van der Waals surface area contributed by atoms with Gasteiger partial charge in [0, 0.05) is 39.8 Å². The normalized spacial score (nSPS) is 21.9. The molecule has 2 fully saturated rings. The molecule has 4 heteroatoms. The molecule has 0 bridgehead atoms. The number of hydrogen-bond donors (Lipinski definition) is 0. The van der Waals surface area contributed by atoms with Crippen molar-refractivity contribution in [2.24, 2.45) is 5.41 Å². The highest BCUT2D eigenvalue weighted by Gasteiger charge is 2.40. The van der Waals surface area contributed by atoms with Crippen molar-refractivity contribution >= 4 is 5.91 Å². The first kappa shape index (κ1) is 19.4. The first-order valence-electron chi connectivity index (χ1n) is 10.2. The van der Waals surface area contributed by atoms with Gasteiger partial charge in [-0.1, -0.05) is 37.3 Å². The summed E-state index contributed by atoms with van der Waals surface area (Å²) < 4.78 is 5.15. The van der Waals surface area contributed by atoms with Crippen molar-refractivity contribution in [3.05, 3.63) is 35.9 Å². The molecule has 0 N–H and O–H groups in total. The summed E-state index contributed by atoms with van der Waals surface area (Å²) in [6.07, 6.45) is 5.20. The molecule has 2 heterocycles. The molecular weight excluding hydrogens is 324 g/mol. The van der Waals surface area contributed by atoms with Gasteiger partial charge in [-0.15, -0.1) is 0 Å². The van der Waals surface area contributed by atoms with E-state index in [1.807, 2.05) is 0 Å². The van der Waals surface area contributed by atoms with Crippen LogP contribution in [0.5, 0.6) is 0 Å². The lowest BCUT2D eigenvalue weighted by Crippen LogP contribution is -2.52. The van der Waals surface area contributed by atoms with Crippen LogP contribution in [0.25, 0.3) is 0 Å². The largest absolute Gasteiger partial charge is 0.385 e. The SMILES string of the molecule is COCCCN1CC2(CCC1=O)CCN(C[C@H](C)c1ccccc1)CC2. The molecule has 0 saturated carbocycles. The number of piperidine rings is 2. The molecule has 0 unspecified atom stereocenters. The molecule has 1 aromatic carbocycles. The van der Waals surface area contributed by atoms with E-state index >= 15 is 0 Å². The highest BCUT2D eigenvalue weighted by Crippen LogP contribution is 2.40.